The highest BCUT2D eigenvalue weighted by Crippen LogP contribution is 2.31. The van der Waals surface area contributed by atoms with Crippen LogP contribution in [0.1, 0.15) is 39.8 Å². The van der Waals surface area contributed by atoms with Gasteiger partial charge in [0.2, 0.25) is 0 Å². The highest BCUT2D eigenvalue weighted by atomic mass is 32.1. The van der Waals surface area contributed by atoms with Gasteiger partial charge in [0.1, 0.15) is 11.5 Å². The van der Waals surface area contributed by atoms with Gasteiger partial charge < -0.3 is 19.6 Å². The summed E-state index contributed by atoms with van der Waals surface area (Å²) in [5.74, 6) is 1.31. The maximum Gasteiger partial charge on any atom is 0.320 e. The van der Waals surface area contributed by atoms with Crippen molar-refractivity contribution in [2.45, 2.75) is 18.8 Å². The van der Waals surface area contributed by atoms with Crippen LogP contribution in [-0.4, -0.2) is 113 Å². The highest BCUT2D eigenvalue weighted by molar-refractivity contribution is 7.09. The zero-order valence-electron chi connectivity index (χ0n) is 24.1. The molecule has 0 atom stereocenters. The summed E-state index contributed by atoms with van der Waals surface area (Å²) in [7, 11) is 0. The van der Waals surface area contributed by atoms with Gasteiger partial charge in [0.25, 0.3) is 5.91 Å². The van der Waals surface area contributed by atoms with E-state index in [9.17, 15) is 9.59 Å². The van der Waals surface area contributed by atoms with Crippen LogP contribution in [0.2, 0.25) is 0 Å². The monoisotopic (exact) mass is 585 g/mol. The maximum atomic E-state index is 13.2. The number of carbonyl (C=O) groups excluding carboxylic acids is 2. The smallest absolute Gasteiger partial charge is 0.320 e. The molecule has 3 aromatic rings. The number of carbonyl (C=O) groups is 2. The molecular weight excluding hydrogens is 546 g/mol. The van der Waals surface area contributed by atoms with E-state index in [0.29, 0.717) is 24.7 Å². The molecule has 0 N–H and O–H groups in total. The molecule has 2 aromatic heterocycles. The molecule has 0 radical (unpaired) electrons. The van der Waals surface area contributed by atoms with E-state index in [1.54, 1.807) is 11.3 Å². The zero-order chi connectivity index (χ0) is 28.7. The van der Waals surface area contributed by atoms with Crippen molar-refractivity contribution >= 4 is 35.2 Å². The average molecular weight is 586 g/mol. The van der Waals surface area contributed by atoms with Crippen molar-refractivity contribution in [1.29, 1.82) is 0 Å². The van der Waals surface area contributed by atoms with E-state index in [-0.39, 0.29) is 11.9 Å². The number of urea groups is 1. The Morgan fingerprint density at radius 2 is 1.50 bits per heavy atom. The molecule has 1 aromatic carbocycles. The molecule has 3 amide bonds. The van der Waals surface area contributed by atoms with Gasteiger partial charge in [-0.3, -0.25) is 9.69 Å². The summed E-state index contributed by atoms with van der Waals surface area (Å²) < 4.78 is 0. The lowest BCUT2D eigenvalue weighted by atomic mass is 9.98. The van der Waals surface area contributed by atoms with Gasteiger partial charge in [0.15, 0.2) is 0 Å². The number of benzene rings is 1. The Bertz CT molecular complexity index is 1340. The Balaban J connectivity index is 0.932. The average Bonchev–Trinajstić information content (AvgIpc) is 3.56. The Labute approximate surface area is 252 Å². The molecule has 10 heteroatoms. The third kappa shape index (κ3) is 6.82. The predicted octanol–water partition coefficient (Wildman–Crippen LogP) is 4.13. The van der Waals surface area contributed by atoms with Gasteiger partial charge in [-0.25, -0.2) is 14.8 Å². The summed E-state index contributed by atoms with van der Waals surface area (Å²) >= 11 is 1.59. The number of hydrogen-bond acceptors (Lipinski definition) is 7. The minimum atomic E-state index is 0.0365. The molecule has 0 unspecified atom stereocenters. The lowest BCUT2D eigenvalue weighted by Crippen LogP contribution is -2.54. The number of hydrogen-bond donors (Lipinski definition) is 0. The van der Waals surface area contributed by atoms with E-state index in [0.717, 1.165) is 82.6 Å². The lowest BCUT2D eigenvalue weighted by Gasteiger charge is -2.39. The van der Waals surface area contributed by atoms with Crippen molar-refractivity contribution in [2.75, 3.05) is 76.9 Å². The third-order valence-corrected chi connectivity index (χ3v) is 9.52. The van der Waals surface area contributed by atoms with E-state index < -0.39 is 0 Å². The summed E-state index contributed by atoms with van der Waals surface area (Å²) in [5, 5.41) is 2.95. The van der Waals surface area contributed by atoms with E-state index in [2.05, 4.69) is 39.1 Å². The van der Waals surface area contributed by atoms with Crippen LogP contribution in [0, 0.1) is 0 Å². The van der Waals surface area contributed by atoms with Crippen LogP contribution in [0.15, 0.2) is 66.2 Å². The van der Waals surface area contributed by atoms with Gasteiger partial charge in [-0.15, -0.1) is 11.3 Å². The Hall–Kier alpha value is -3.76. The summed E-state index contributed by atoms with van der Waals surface area (Å²) in [6.07, 6.45) is 7.93. The molecule has 6 rings (SSSR count). The minimum Gasteiger partial charge on any atom is -0.353 e. The number of rotatable bonds is 6. The quantitative estimate of drug-likeness (QED) is 0.433. The second-order valence-electron chi connectivity index (χ2n) is 11.2. The van der Waals surface area contributed by atoms with Crippen molar-refractivity contribution in [3.05, 3.63) is 82.4 Å². The largest absolute Gasteiger partial charge is 0.353 e. The van der Waals surface area contributed by atoms with Crippen molar-refractivity contribution < 1.29 is 9.59 Å². The number of pyridine rings is 1. The molecule has 3 aliphatic heterocycles. The minimum absolute atomic E-state index is 0.0365. The Morgan fingerprint density at radius 3 is 2.21 bits per heavy atom. The normalized spacial score (nSPS) is 19.0. The second kappa shape index (κ2) is 13.5. The predicted molar refractivity (Wildman–Crippen MR) is 167 cm³/mol. The number of amides is 3. The number of piperazine rings is 2. The lowest BCUT2D eigenvalue weighted by molar-refractivity contribution is 0.0645. The van der Waals surface area contributed by atoms with Gasteiger partial charge in [-0.2, -0.15) is 0 Å². The SMILES string of the molecule is O=C(c1csc(C2CCN(C(=O)N3CCN(c4ccccn4)CC3)CC2)n1)N1CCN(CC=Cc2ccccc2)CC1. The summed E-state index contributed by atoms with van der Waals surface area (Å²) in [4.78, 5) is 46.1. The molecule has 42 heavy (non-hydrogen) atoms. The number of piperidine rings is 1. The molecule has 0 aliphatic carbocycles. The molecule has 3 saturated heterocycles. The van der Waals surface area contributed by atoms with Gasteiger partial charge in [0, 0.05) is 89.5 Å². The molecule has 3 aliphatic rings. The van der Waals surface area contributed by atoms with E-state index in [1.807, 2.05) is 62.7 Å². The summed E-state index contributed by atoms with van der Waals surface area (Å²) in [5.41, 5.74) is 1.77. The number of nitrogens with zero attached hydrogens (tertiary/aromatic N) is 7. The zero-order valence-corrected chi connectivity index (χ0v) is 24.9. The van der Waals surface area contributed by atoms with Crippen molar-refractivity contribution in [1.82, 2.24) is 29.6 Å². The molecule has 0 bridgehead atoms. The third-order valence-electron chi connectivity index (χ3n) is 8.51. The van der Waals surface area contributed by atoms with Crippen LogP contribution < -0.4 is 4.90 Å². The first-order valence-corrected chi connectivity index (χ1v) is 15.9. The highest BCUT2D eigenvalue weighted by Gasteiger charge is 2.31. The van der Waals surface area contributed by atoms with E-state index in [1.165, 1.54) is 5.56 Å². The van der Waals surface area contributed by atoms with Crippen LogP contribution in [0.25, 0.3) is 6.08 Å². The van der Waals surface area contributed by atoms with Crippen molar-refractivity contribution in [3.8, 4) is 0 Å². The van der Waals surface area contributed by atoms with Gasteiger partial charge >= 0.3 is 6.03 Å². The van der Waals surface area contributed by atoms with Crippen molar-refractivity contribution in [3.63, 3.8) is 0 Å². The molecule has 9 nitrogen and oxygen atoms in total. The fraction of sp³-hybridized carbons (Fsp3) is 0.438. The van der Waals surface area contributed by atoms with E-state index in [4.69, 9.17) is 4.98 Å². The maximum absolute atomic E-state index is 13.2. The van der Waals surface area contributed by atoms with Crippen molar-refractivity contribution in [2.24, 2.45) is 0 Å². The fourth-order valence-electron chi connectivity index (χ4n) is 5.96. The van der Waals surface area contributed by atoms with Gasteiger partial charge in [-0.1, -0.05) is 48.6 Å². The summed E-state index contributed by atoms with van der Waals surface area (Å²) in [6.45, 7) is 8.56. The molecule has 5 heterocycles. The van der Waals surface area contributed by atoms with Crippen LogP contribution >= 0.6 is 11.3 Å². The van der Waals surface area contributed by atoms with Crippen LogP contribution in [0.4, 0.5) is 10.6 Å². The van der Waals surface area contributed by atoms with Crippen LogP contribution in [0.5, 0.6) is 0 Å². The Kier molecular flexibility index (Phi) is 9.10. The number of anilines is 1. The van der Waals surface area contributed by atoms with Gasteiger partial charge in [0.05, 0.1) is 5.01 Å². The first kappa shape index (κ1) is 28.4. The Morgan fingerprint density at radius 1 is 0.810 bits per heavy atom. The van der Waals surface area contributed by atoms with Crippen LogP contribution in [0.3, 0.4) is 0 Å². The molecule has 3 fully saturated rings. The second-order valence-corrected chi connectivity index (χ2v) is 12.1. The molecule has 0 spiro atoms. The molecular formula is C32H39N7O2S. The fourth-order valence-corrected chi connectivity index (χ4v) is 6.92. The first-order chi connectivity index (χ1) is 20.6. The van der Waals surface area contributed by atoms with E-state index >= 15 is 0 Å². The van der Waals surface area contributed by atoms with Gasteiger partial charge in [-0.05, 0) is 30.5 Å². The first-order valence-electron chi connectivity index (χ1n) is 15.0. The standard InChI is InChI=1S/C32H39N7O2S/c40-31(37-19-17-35(18-20-37)14-6-9-26-7-2-1-3-8-26)28-25-42-30(34-28)27-11-15-38(16-12-27)32(41)39-23-21-36(22-24-39)29-10-4-5-13-33-29/h1-10,13,25,27H,11-12,14-24H2. The molecule has 0 saturated carbocycles. The number of aromatic nitrogens is 2. The topological polar surface area (TPSA) is 76.1 Å². The number of thiazole rings is 1. The number of likely N-dealkylation sites (tertiary alicyclic amines) is 1. The van der Waals surface area contributed by atoms with Crippen LogP contribution in [-0.2, 0) is 0 Å². The molecule has 220 valence electrons. The summed E-state index contributed by atoms with van der Waals surface area (Å²) in [6, 6.07) is 16.4.